The van der Waals surface area contributed by atoms with Gasteiger partial charge in [0.05, 0.1) is 10.8 Å². The van der Waals surface area contributed by atoms with Gasteiger partial charge in [-0.15, -0.1) is 0 Å². The van der Waals surface area contributed by atoms with Gasteiger partial charge in [-0.1, -0.05) is 36.4 Å². The molecule has 1 aliphatic rings. The Balaban J connectivity index is 2.16. The summed E-state index contributed by atoms with van der Waals surface area (Å²) in [5, 5.41) is 12.9. The molecule has 3 rings (SSSR count). The zero-order valence-corrected chi connectivity index (χ0v) is 19.5. The van der Waals surface area contributed by atoms with Gasteiger partial charge >= 0.3 is 0 Å². The number of ether oxygens (including phenoxy) is 1. The fraction of sp³-hybridized carbons (Fsp3) is 0.667. The van der Waals surface area contributed by atoms with Gasteiger partial charge in [0.15, 0.2) is 35.0 Å². The average Bonchev–Trinajstić information content (AvgIpc) is 3.19. The summed E-state index contributed by atoms with van der Waals surface area (Å²) in [4.78, 5) is 26.9. The number of fused-ring (bicyclic) bond motifs is 1. The Hall–Kier alpha value is -1.67. The van der Waals surface area contributed by atoms with Crippen LogP contribution in [0.1, 0.15) is 33.9 Å². The Morgan fingerprint density at radius 2 is 2.13 bits per heavy atom. The summed E-state index contributed by atoms with van der Waals surface area (Å²) in [7, 11) is 1.78. The Labute approximate surface area is 186 Å². The van der Waals surface area contributed by atoms with Gasteiger partial charge in [-0.25, -0.2) is 13.8 Å². The maximum absolute atomic E-state index is 15.4. The molecule has 1 fully saturated rings. The Morgan fingerprint density at radius 3 is 2.67 bits per heavy atom. The van der Waals surface area contributed by atoms with Gasteiger partial charge in [0.1, 0.15) is 0 Å². The van der Waals surface area contributed by atoms with Crippen molar-refractivity contribution in [3.8, 4) is 0 Å². The number of nitrogens with zero attached hydrogens (tertiary/aromatic N) is 5. The molecule has 1 amide bonds. The predicted molar refractivity (Wildman–Crippen MR) is 116 cm³/mol. The molecule has 2 aromatic heterocycles. The molecule has 0 spiro atoms. The first-order chi connectivity index (χ1) is 14.0. The second-order valence-electron chi connectivity index (χ2n) is 7.80. The minimum atomic E-state index is -2.56. The third-order valence-electron chi connectivity index (χ3n) is 5.17. The van der Waals surface area contributed by atoms with E-state index in [-0.39, 0.29) is 27.8 Å². The average molecular weight is 538 g/mol. The van der Waals surface area contributed by atoms with Crippen molar-refractivity contribution in [3.63, 3.8) is 0 Å². The summed E-state index contributed by atoms with van der Waals surface area (Å²) in [5.74, 6) is -2.73. The number of carbonyl (C=O) groups excluding carboxylic acids is 1. The Bertz CT molecular complexity index is 955. The highest BCUT2D eigenvalue weighted by Gasteiger charge is 2.64. The molecule has 0 radical (unpaired) electrons. The van der Waals surface area contributed by atoms with Crippen molar-refractivity contribution in [1.29, 1.82) is 0 Å². The van der Waals surface area contributed by atoms with Gasteiger partial charge in [-0.3, -0.25) is 14.7 Å². The second kappa shape index (κ2) is 8.11. The molecule has 166 valence electrons. The van der Waals surface area contributed by atoms with Crippen LogP contribution in [-0.4, -0.2) is 66.2 Å². The van der Waals surface area contributed by atoms with Gasteiger partial charge in [0.2, 0.25) is 17.7 Å². The maximum atomic E-state index is 15.4. The summed E-state index contributed by atoms with van der Waals surface area (Å²) < 4.78 is 36.6. The normalized spacial score (nSPS) is 29.0. The van der Waals surface area contributed by atoms with Crippen LogP contribution in [0.5, 0.6) is 0 Å². The summed E-state index contributed by atoms with van der Waals surface area (Å²) in [6, 6.07) is 0. The van der Waals surface area contributed by atoms with Gasteiger partial charge in [-0.2, -0.15) is 9.97 Å². The van der Waals surface area contributed by atoms with E-state index in [0.717, 1.165) is 6.92 Å². The molecular formula is C18H25F2IN6O3. The number of anilines is 2. The van der Waals surface area contributed by atoms with Crippen LogP contribution >= 0.6 is 22.6 Å². The van der Waals surface area contributed by atoms with Crippen molar-refractivity contribution in [2.24, 2.45) is 5.92 Å². The van der Waals surface area contributed by atoms with Crippen molar-refractivity contribution < 1.29 is 23.4 Å². The maximum Gasteiger partial charge on any atom is 0.249 e. The lowest BCUT2D eigenvalue weighted by molar-refractivity contribution is -0.167. The van der Waals surface area contributed by atoms with Crippen molar-refractivity contribution in [3.05, 3.63) is 6.33 Å². The first-order valence-electron chi connectivity index (χ1n) is 9.52. The number of imidazole rings is 1. The van der Waals surface area contributed by atoms with Gasteiger partial charge in [0, 0.05) is 19.5 Å². The minimum Gasteiger partial charge on any atom is -0.384 e. The highest BCUT2D eigenvalue weighted by molar-refractivity contribution is 14.1. The first-order valence-corrected chi connectivity index (χ1v) is 11.0. The lowest BCUT2D eigenvalue weighted by atomic mass is 9.98. The molecule has 30 heavy (non-hydrogen) atoms. The molecule has 0 saturated carbocycles. The molecule has 3 heterocycles. The van der Waals surface area contributed by atoms with Crippen molar-refractivity contribution >= 4 is 51.4 Å². The number of hydrogen-bond acceptors (Lipinski definition) is 7. The molecule has 0 aromatic carbocycles. The van der Waals surface area contributed by atoms with Gasteiger partial charge in [-0.05, 0) is 13.8 Å². The molecule has 12 heteroatoms. The van der Waals surface area contributed by atoms with E-state index in [9.17, 15) is 14.3 Å². The van der Waals surface area contributed by atoms with E-state index in [1.165, 1.54) is 10.9 Å². The number of halogens is 3. The molecule has 9 nitrogen and oxygen atoms in total. The number of alkyl halides is 3. The highest BCUT2D eigenvalue weighted by atomic mass is 127. The Kier molecular flexibility index (Phi) is 6.22. The van der Waals surface area contributed by atoms with E-state index in [1.54, 1.807) is 48.4 Å². The molecule has 0 unspecified atom stereocenters. The quantitative estimate of drug-likeness (QED) is 0.431. The zero-order chi connectivity index (χ0) is 22.4. The molecular weight excluding hydrogens is 513 g/mol. The smallest absolute Gasteiger partial charge is 0.249 e. The van der Waals surface area contributed by atoms with Crippen LogP contribution in [-0.2, 0) is 9.53 Å². The topological polar surface area (TPSA) is 105 Å². The van der Waals surface area contributed by atoms with E-state index in [1.807, 2.05) is 6.92 Å². The molecule has 4 atom stereocenters. The number of amides is 1. The number of hydrogen-bond donors (Lipinski definition) is 2. The van der Waals surface area contributed by atoms with E-state index in [0.29, 0.717) is 17.9 Å². The highest BCUT2D eigenvalue weighted by Crippen LogP contribution is 2.49. The summed E-state index contributed by atoms with van der Waals surface area (Å²) in [6.45, 7) is 7.01. The molecule has 0 aliphatic carbocycles. The summed E-state index contributed by atoms with van der Waals surface area (Å²) >= 11 is 1.70. The second-order valence-corrected chi connectivity index (χ2v) is 8.56. The molecule has 0 bridgehead atoms. The number of carbonyl (C=O) groups is 1. The van der Waals surface area contributed by atoms with Gasteiger partial charge in [0.25, 0.3) is 0 Å². The van der Waals surface area contributed by atoms with E-state index < -0.39 is 23.9 Å². The summed E-state index contributed by atoms with van der Waals surface area (Å²) in [6.07, 6.45) is -2.24. The number of nitrogens with one attached hydrogen (secondary N) is 1. The minimum absolute atomic E-state index is 0.0118. The molecule has 2 N–H and O–H groups in total. The van der Waals surface area contributed by atoms with E-state index in [2.05, 4.69) is 20.3 Å². The van der Waals surface area contributed by atoms with Gasteiger partial charge < -0.3 is 14.7 Å². The lowest BCUT2D eigenvalue weighted by Crippen LogP contribution is -2.45. The predicted octanol–water partition coefficient (Wildman–Crippen LogP) is 2.60. The third kappa shape index (κ3) is 3.73. The fourth-order valence-corrected chi connectivity index (χ4v) is 3.75. The van der Waals surface area contributed by atoms with E-state index >= 15 is 4.39 Å². The fourth-order valence-electron chi connectivity index (χ4n) is 3.15. The molecule has 2 aromatic rings. The number of aliphatic hydroxyl groups excluding tert-OH is 1. The number of aromatic nitrogens is 4. The Morgan fingerprint density at radius 1 is 1.47 bits per heavy atom. The monoisotopic (exact) mass is 538 g/mol. The standard InChI is InChI=1S/C18H25F2IN6O3/c1-6-26(5)11-10-12(24-16(23-11)25-13(28)9(2)3)27(8-22-10)15-17(4,19)14(29)18(20,7-21)30-15/h8-9,14-15,29H,6-7H2,1-5H3,(H,23,24,25,28)/t14-,15+,17+,18+/m0/s1. The van der Waals surface area contributed by atoms with Crippen LogP contribution in [0.4, 0.5) is 20.5 Å². The van der Waals surface area contributed by atoms with Crippen LogP contribution in [0, 0.1) is 5.92 Å². The molecule has 1 aliphatic heterocycles. The van der Waals surface area contributed by atoms with Crippen molar-refractivity contribution in [1.82, 2.24) is 19.5 Å². The lowest BCUT2D eigenvalue weighted by Gasteiger charge is -2.24. The SMILES string of the molecule is CCN(C)c1nc(NC(=O)C(C)C)nc2c1ncn2[C@@H]1O[C@](F)(CI)[C@@H](O)[C@@]1(C)F. The zero-order valence-electron chi connectivity index (χ0n) is 17.4. The third-order valence-corrected chi connectivity index (χ3v) is 6.21. The number of aliphatic hydroxyl groups is 1. The van der Waals surface area contributed by atoms with Crippen LogP contribution in [0.2, 0.25) is 0 Å². The summed E-state index contributed by atoms with van der Waals surface area (Å²) in [5.41, 5.74) is -1.96. The first kappa shape index (κ1) is 23.0. The van der Waals surface area contributed by atoms with Crippen LogP contribution in [0.3, 0.4) is 0 Å². The van der Waals surface area contributed by atoms with Crippen LogP contribution < -0.4 is 10.2 Å². The number of rotatable bonds is 6. The van der Waals surface area contributed by atoms with Crippen LogP contribution in [0.15, 0.2) is 6.33 Å². The van der Waals surface area contributed by atoms with Crippen LogP contribution in [0.25, 0.3) is 11.2 Å². The van der Waals surface area contributed by atoms with E-state index in [4.69, 9.17) is 4.74 Å². The molecule has 1 saturated heterocycles. The van der Waals surface area contributed by atoms with Crippen molar-refractivity contribution in [2.75, 3.05) is 28.2 Å². The van der Waals surface area contributed by atoms with Crippen molar-refractivity contribution in [2.45, 2.75) is 51.6 Å². The largest absolute Gasteiger partial charge is 0.384 e.